The molecular weight excluding hydrogens is 262 g/mol. The summed E-state index contributed by atoms with van der Waals surface area (Å²) in [5.74, 6) is 0. The van der Waals surface area contributed by atoms with Crippen LogP contribution in [0.25, 0.3) is 0 Å². The fourth-order valence-corrected chi connectivity index (χ4v) is 0. The molecule has 0 spiro atoms. The molecule has 1 radical (unpaired) electrons. The molecule has 0 aromatic heterocycles. The van der Waals surface area contributed by atoms with Crippen LogP contribution in [0, 0.1) is 0 Å². The van der Waals surface area contributed by atoms with Crippen LogP contribution in [0.1, 0.15) is 0 Å². The van der Waals surface area contributed by atoms with Gasteiger partial charge in [0, 0.05) is 64.7 Å². The first kappa shape index (κ1) is 149. The molecular formula is H8CoO4TiZr. The van der Waals surface area contributed by atoms with E-state index in [9.17, 15) is 0 Å². The van der Waals surface area contributed by atoms with Crippen molar-refractivity contribution in [1.82, 2.24) is 0 Å². The van der Waals surface area contributed by atoms with Gasteiger partial charge in [-0.2, -0.15) is 0 Å². The number of hydrogen-bond acceptors (Lipinski definition) is 0. The van der Waals surface area contributed by atoms with Gasteiger partial charge < -0.3 is 21.9 Å². The first-order valence-electron chi connectivity index (χ1n) is 0. The summed E-state index contributed by atoms with van der Waals surface area (Å²) in [5, 5.41) is 0. The van der Waals surface area contributed by atoms with Gasteiger partial charge in [0.2, 0.25) is 0 Å². The Morgan fingerprint density at radius 2 is 0.571 bits per heavy atom. The predicted molar refractivity (Wildman–Crippen MR) is 14.5 cm³/mol. The second-order valence-corrected chi connectivity index (χ2v) is 0. The smallest absolute Gasteiger partial charge is 0 e. The van der Waals surface area contributed by atoms with Gasteiger partial charge in [-0.15, -0.1) is 0 Å². The zero-order chi connectivity index (χ0) is 0. The third-order valence-corrected chi connectivity index (χ3v) is 0. The monoisotopic (exact) mass is 269 g/mol. The van der Waals surface area contributed by atoms with Crippen LogP contribution in [-0.4, -0.2) is 21.9 Å². The van der Waals surface area contributed by atoms with Gasteiger partial charge in [0.1, 0.15) is 0 Å². The van der Waals surface area contributed by atoms with Crippen LogP contribution in [0.5, 0.6) is 0 Å². The number of rotatable bonds is 0. The van der Waals surface area contributed by atoms with Gasteiger partial charge in [-0.25, -0.2) is 0 Å². The van der Waals surface area contributed by atoms with E-state index in [0.29, 0.717) is 0 Å². The Balaban J connectivity index is 0. The van der Waals surface area contributed by atoms with Crippen molar-refractivity contribution >= 4 is 0 Å². The van der Waals surface area contributed by atoms with Crippen molar-refractivity contribution in [3.63, 3.8) is 0 Å². The van der Waals surface area contributed by atoms with E-state index in [2.05, 4.69) is 0 Å². The predicted octanol–water partition coefficient (Wildman–Crippen LogP) is -3.31. The van der Waals surface area contributed by atoms with Crippen molar-refractivity contribution in [2.24, 2.45) is 0 Å². The maximum Gasteiger partial charge on any atom is 0 e. The zero-order valence-corrected chi connectivity index (χ0v) is 8.39. The van der Waals surface area contributed by atoms with E-state index in [-0.39, 0.29) is 86.6 Å². The average molecular weight is 270 g/mol. The molecule has 7 heteroatoms. The van der Waals surface area contributed by atoms with E-state index in [1.54, 1.807) is 0 Å². The fourth-order valence-electron chi connectivity index (χ4n) is 0. The zero-order valence-electron chi connectivity index (χ0n) is 3.33. The molecule has 0 aromatic carbocycles. The fraction of sp³-hybridized carbons (Fsp3) is 0. The van der Waals surface area contributed by atoms with Gasteiger partial charge in [-0.1, -0.05) is 0 Å². The van der Waals surface area contributed by atoms with E-state index >= 15 is 0 Å². The van der Waals surface area contributed by atoms with Crippen molar-refractivity contribution in [3.8, 4) is 0 Å². The molecule has 0 amide bonds. The molecule has 0 saturated heterocycles. The molecule has 0 aliphatic carbocycles. The first-order valence-corrected chi connectivity index (χ1v) is 0. The maximum atomic E-state index is 0. The molecule has 4 nitrogen and oxygen atoms in total. The Bertz CT molecular complexity index is 11.7. The van der Waals surface area contributed by atoms with Gasteiger partial charge >= 0.3 is 0 Å². The molecule has 0 saturated carbocycles. The summed E-state index contributed by atoms with van der Waals surface area (Å²) >= 11 is 0. The minimum atomic E-state index is 0. The van der Waals surface area contributed by atoms with Crippen molar-refractivity contribution < 1.29 is 86.6 Å². The van der Waals surface area contributed by atoms with Crippen molar-refractivity contribution in [1.29, 1.82) is 0 Å². The Morgan fingerprint density at radius 1 is 0.571 bits per heavy atom. The summed E-state index contributed by atoms with van der Waals surface area (Å²) in [6.45, 7) is 0. The quantitative estimate of drug-likeness (QED) is 0.409. The maximum absolute atomic E-state index is 0. The van der Waals surface area contributed by atoms with Gasteiger partial charge in [-0.05, 0) is 0 Å². The normalized spacial score (nSPS) is 0. The first-order chi connectivity index (χ1) is 0. The summed E-state index contributed by atoms with van der Waals surface area (Å²) in [5.41, 5.74) is 0. The van der Waals surface area contributed by atoms with Crippen LogP contribution in [0.2, 0.25) is 0 Å². The second-order valence-electron chi connectivity index (χ2n) is 0. The van der Waals surface area contributed by atoms with E-state index in [4.69, 9.17) is 0 Å². The van der Waals surface area contributed by atoms with Crippen LogP contribution < -0.4 is 0 Å². The minimum absolute atomic E-state index is 0. The molecule has 0 bridgehead atoms. The Hall–Kier alpha value is 1.94. The second kappa shape index (κ2) is 101. The molecule has 7 heavy (non-hydrogen) atoms. The van der Waals surface area contributed by atoms with Crippen LogP contribution in [-0.2, 0) is 64.7 Å². The van der Waals surface area contributed by atoms with Crippen LogP contribution >= 0.6 is 0 Å². The summed E-state index contributed by atoms with van der Waals surface area (Å²) in [4.78, 5) is 0. The third kappa shape index (κ3) is 74.3. The molecule has 0 atom stereocenters. The van der Waals surface area contributed by atoms with Gasteiger partial charge in [-0.3, -0.25) is 0 Å². The molecule has 0 rings (SSSR count). The minimum Gasteiger partial charge on any atom is -0.412 e. The average Bonchev–Trinajstić information content (AvgIpc) is 0. The summed E-state index contributed by atoms with van der Waals surface area (Å²) in [6, 6.07) is 0. The third-order valence-electron chi connectivity index (χ3n) is 0. The topological polar surface area (TPSA) is 126 Å². The molecule has 0 fully saturated rings. The van der Waals surface area contributed by atoms with E-state index in [1.807, 2.05) is 0 Å². The summed E-state index contributed by atoms with van der Waals surface area (Å²) in [6.07, 6.45) is 0. The van der Waals surface area contributed by atoms with E-state index < -0.39 is 0 Å². The molecule has 0 aliphatic heterocycles. The summed E-state index contributed by atoms with van der Waals surface area (Å²) < 4.78 is 0. The Labute approximate surface area is 85.9 Å². The van der Waals surface area contributed by atoms with Crippen molar-refractivity contribution in [2.45, 2.75) is 0 Å². The number of hydrogen-bond donors (Lipinski definition) is 0. The molecule has 0 heterocycles. The molecule has 0 aromatic rings. The van der Waals surface area contributed by atoms with Crippen molar-refractivity contribution in [2.75, 3.05) is 0 Å². The Morgan fingerprint density at radius 3 is 0.571 bits per heavy atom. The largest absolute Gasteiger partial charge is 0.412 e. The van der Waals surface area contributed by atoms with Crippen LogP contribution in [0.4, 0.5) is 0 Å². The molecule has 49 valence electrons. The molecule has 8 N–H and O–H groups in total. The summed E-state index contributed by atoms with van der Waals surface area (Å²) in [7, 11) is 0. The van der Waals surface area contributed by atoms with E-state index in [1.165, 1.54) is 0 Å². The van der Waals surface area contributed by atoms with Crippen molar-refractivity contribution in [3.05, 3.63) is 0 Å². The van der Waals surface area contributed by atoms with Gasteiger partial charge in [0.25, 0.3) is 0 Å². The SMILES string of the molecule is O.O.O.O.[Co].[Ti].[Zr]. The standard InChI is InChI=1S/Co.4H2O.Ti.Zr/h;4*1H2;;. The van der Waals surface area contributed by atoms with E-state index in [0.717, 1.165) is 0 Å². The van der Waals surface area contributed by atoms with Crippen LogP contribution in [0.3, 0.4) is 0 Å². The molecule has 0 unspecified atom stereocenters. The Kier molecular flexibility index (Phi) is 2160. The van der Waals surface area contributed by atoms with Gasteiger partial charge in [0.15, 0.2) is 0 Å². The molecule has 0 aliphatic rings. The van der Waals surface area contributed by atoms with Crippen LogP contribution in [0.15, 0.2) is 0 Å². The van der Waals surface area contributed by atoms with Gasteiger partial charge in [0.05, 0.1) is 0 Å².